The van der Waals surface area contributed by atoms with Crippen LogP contribution in [-0.2, 0) is 14.4 Å². The number of nitrogens with one attached hydrogen (secondary N) is 1. The number of ether oxygens (including phenoxy) is 1. The van der Waals surface area contributed by atoms with E-state index in [2.05, 4.69) is 5.32 Å². The summed E-state index contributed by atoms with van der Waals surface area (Å²) in [6.45, 7) is 0. The van der Waals surface area contributed by atoms with Crippen LogP contribution >= 0.6 is 0 Å². The molecule has 1 fully saturated rings. The number of carboxylic acids is 1. The lowest BCUT2D eigenvalue weighted by Gasteiger charge is -2.44. The third-order valence-electron chi connectivity index (χ3n) is 6.22. The third kappa shape index (κ3) is 3.57. The zero-order valence-corrected chi connectivity index (χ0v) is 16.4. The molecule has 0 bridgehead atoms. The summed E-state index contributed by atoms with van der Waals surface area (Å²) < 4.78 is 5.10. The minimum atomic E-state index is -1.92. The fraction of sp³-hybridized carbons (Fsp3) is 0.348. The first-order valence-corrected chi connectivity index (χ1v) is 10.1. The molecule has 1 aliphatic carbocycles. The molecule has 0 spiro atoms. The van der Waals surface area contributed by atoms with Crippen molar-refractivity contribution in [2.24, 2.45) is 11.7 Å². The minimum absolute atomic E-state index is 0.0288. The van der Waals surface area contributed by atoms with E-state index < -0.39 is 35.6 Å². The Morgan fingerprint density at radius 1 is 1.07 bits per heavy atom. The fourth-order valence-corrected chi connectivity index (χ4v) is 4.87. The second-order valence-electron chi connectivity index (χ2n) is 8.06. The van der Waals surface area contributed by atoms with Gasteiger partial charge in [-0.25, -0.2) is 4.79 Å². The lowest BCUT2D eigenvalue weighted by Crippen LogP contribution is -2.59. The summed E-state index contributed by atoms with van der Waals surface area (Å²) in [4.78, 5) is 37.4. The number of benzene rings is 2. The summed E-state index contributed by atoms with van der Waals surface area (Å²) in [6.07, 6.45) is 2.05. The summed E-state index contributed by atoms with van der Waals surface area (Å²) in [5, 5.41) is 13.6. The number of aliphatic carboxylic acids is 1. The number of carbonyl (C=O) groups is 3. The molecule has 0 aromatic heterocycles. The molecule has 4 rings (SSSR count). The maximum absolute atomic E-state index is 12.7. The van der Waals surface area contributed by atoms with Crippen molar-refractivity contribution in [3.05, 3.63) is 60.2 Å². The van der Waals surface area contributed by atoms with Gasteiger partial charge in [0.1, 0.15) is 11.3 Å². The van der Waals surface area contributed by atoms with E-state index in [1.807, 2.05) is 24.3 Å². The van der Waals surface area contributed by atoms with Crippen LogP contribution in [0.5, 0.6) is 5.75 Å². The van der Waals surface area contributed by atoms with Crippen LogP contribution in [0.25, 0.3) is 0 Å². The lowest BCUT2D eigenvalue weighted by atomic mass is 9.66. The van der Waals surface area contributed by atoms with Crippen molar-refractivity contribution in [1.82, 2.24) is 0 Å². The molecule has 7 heteroatoms. The Hall–Kier alpha value is -3.19. The number of hydrogen-bond acceptors (Lipinski definition) is 6. The summed E-state index contributed by atoms with van der Waals surface area (Å²) in [7, 11) is 0. The molecule has 156 valence electrons. The number of carboxylic acid groups (broad SMARTS) is 1. The highest BCUT2D eigenvalue weighted by atomic mass is 16.5. The van der Waals surface area contributed by atoms with Crippen LogP contribution in [0.15, 0.2) is 54.6 Å². The van der Waals surface area contributed by atoms with Crippen LogP contribution < -0.4 is 15.8 Å². The van der Waals surface area contributed by atoms with Crippen LogP contribution in [0.3, 0.4) is 0 Å². The SMILES string of the molecule is NC(CC(=O)C(=O)Oc1ccccc1)(C(=O)O)C1c2ccccc2NC2CCCC21. The van der Waals surface area contributed by atoms with Gasteiger partial charge in [0.25, 0.3) is 0 Å². The molecule has 1 heterocycles. The van der Waals surface area contributed by atoms with Gasteiger partial charge >= 0.3 is 11.9 Å². The van der Waals surface area contributed by atoms with E-state index >= 15 is 0 Å². The van der Waals surface area contributed by atoms with Gasteiger partial charge in [0, 0.05) is 24.1 Å². The number of hydrogen-bond donors (Lipinski definition) is 3. The molecular formula is C23H24N2O5. The molecule has 1 aliphatic heterocycles. The van der Waals surface area contributed by atoms with Crippen LogP contribution in [0.1, 0.15) is 37.2 Å². The van der Waals surface area contributed by atoms with E-state index in [-0.39, 0.29) is 17.7 Å². The number of nitrogens with two attached hydrogens (primary N) is 1. The van der Waals surface area contributed by atoms with Crippen LogP contribution in [0.2, 0.25) is 0 Å². The van der Waals surface area contributed by atoms with Gasteiger partial charge in [-0.1, -0.05) is 42.8 Å². The van der Waals surface area contributed by atoms with Gasteiger partial charge in [0.15, 0.2) is 0 Å². The molecule has 30 heavy (non-hydrogen) atoms. The molecule has 7 nitrogen and oxygen atoms in total. The highest BCUT2D eigenvalue weighted by molar-refractivity contribution is 6.35. The number of para-hydroxylation sites is 2. The maximum atomic E-state index is 12.7. The number of ketones is 1. The molecule has 2 aliphatic rings. The first kappa shape index (κ1) is 20.1. The van der Waals surface area contributed by atoms with Gasteiger partial charge < -0.3 is 20.9 Å². The average Bonchev–Trinajstić information content (AvgIpc) is 3.20. The lowest BCUT2D eigenvalue weighted by molar-refractivity contribution is -0.152. The first-order chi connectivity index (χ1) is 14.4. The predicted molar refractivity (Wildman–Crippen MR) is 110 cm³/mol. The number of carbonyl (C=O) groups excluding carboxylic acids is 2. The van der Waals surface area contributed by atoms with Gasteiger partial charge in [-0.2, -0.15) is 0 Å². The Labute approximate surface area is 174 Å². The maximum Gasteiger partial charge on any atom is 0.380 e. The molecule has 2 aromatic carbocycles. The van der Waals surface area contributed by atoms with E-state index in [9.17, 15) is 19.5 Å². The van der Waals surface area contributed by atoms with Gasteiger partial charge in [-0.05, 0) is 42.5 Å². The second kappa shape index (κ2) is 7.91. The van der Waals surface area contributed by atoms with Gasteiger partial charge in [-0.3, -0.25) is 9.59 Å². The number of rotatable bonds is 6. The third-order valence-corrected chi connectivity index (χ3v) is 6.22. The van der Waals surface area contributed by atoms with E-state index in [1.165, 1.54) is 0 Å². The van der Waals surface area contributed by atoms with Crippen molar-refractivity contribution in [2.45, 2.75) is 43.2 Å². The summed E-state index contributed by atoms with van der Waals surface area (Å²) in [5.74, 6) is -3.75. The minimum Gasteiger partial charge on any atom is -0.480 e. The largest absolute Gasteiger partial charge is 0.480 e. The molecule has 0 amide bonds. The molecule has 0 saturated heterocycles. The van der Waals surface area contributed by atoms with Crippen molar-refractivity contribution in [1.29, 1.82) is 0 Å². The van der Waals surface area contributed by atoms with E-state index in [0.717, 1.165) is 30.5 Å². The molecular weight excluding hydrogens is 384 g/mol. The smallest absolute Gasteiger partial charge is 0.380 e. The van der Waals surface area contributed by atoms with Crippen LogP contribution in [-0.4, -0.2) is 34.4 Å². The van der Waals surface area contributed by atoms with Crippen LogP contribution in [0, 0.1) is 5.92 Å². The number of anilines is 1. The Morgan fingerprint density at radius 2 is 1.77 bits per heavy atom. The summed E-state index contributed by atoms with van der Waals surface area (Å²) >= 11 is 0. The number of fused-ring (bicyclic) bond motifs is 2. The topological polar surface area (TPSA) is 119 Å². The predicted octanol–water partition coefficient (Wildman–Crippen LogP) is 2.71. The average molecular weight is 408 g/mol. The summed E-state index contributed by atoms with van der Waals surface area (Å²) in [5.41, 5.74) is 6.15. The standard InChI is InChI=1S/C23H24N2O5/c24-23(22(28)29,13-19(26)21(27)30-14-7-2-1-3-8-14)20-15-9-4-5-11-17(15)25-18-12-6-10-16(18)20/h1-5,7-9,11,16,18,20,25H,6,10,12-13,24H2,(H,28,29). The van der Waals surface area contributed by atoms with Crippen molar-refractivity contribution in [3.63, 3.8) is 0 Å². The molecule has 0 radical (unpaired) electrons. The van der Waals surface area contributed by atoms with Gasteiger partial charge in [-0.15, -0.1) is 0 Å². The van der Waals surface area contributed by atoms with E-state index in [0.29, 0.717) is 0 Å². The van der Waals surface area contributed by atoms with Crippen LogP contribution in [0.4, 0.5) is 5.69 Å². The fourth-order valence-electron chi connectivity index (χ4n) is 4.87. The molecule has 4 N–H and O–H groups in total. The number of esters is 1. The van der Waals surface area contributed by atoms with Gasteiger partial charge in [0.2, 0.25) is 5.78 Å². The zero-order valence-electron chi connectivity index (χ0n) is 16.4. The molecule has 4 atom stereocenters. The Balaban J connectivity index is 1.64. The van der Waals surface area contributed by atoms with Crippen molar-refractivity contribution in [3.8, 4) is 5.75 Å². The number of Topliss-reactive ketones (excluding diaryl/α,β-unsaturated/α-hetero) is 1. The first-order valence-electron chi connectivity index (χ1n) is 10.1. The highest BCUT2D eigenvalue weighted by Gasteiger charge is 2.54. The van der Waals surface area contributed by atoms with Crippen molar-refractivity contribution in [2.75, 3.05) is 5.32 Å². The molecule has 4 unspecified atom stereocenters. The Morgan fingerprint density at radius 3 is 2.50 bits per heavy atom. The Kier molecular flexibility index (Phi) is 5.30. The Bertz CT molecular complexity index is 977. The van der Waals surface area contributed by atoms with E-state index in [1.54, 1.807) is 30.3 Å². The summed E-state index contributed by atoms with van der Waals surface area (Å²) in [6, 6.07) is 15.7. The quantitative estimate of drug-likeness (QED) is 0.382. The van der Waals surface area contributed by atoms with E-state index in [4.69, 9.17) is 10.5 Å². The molecule has 1 saturated carbocycles. The van der Waals surface area contributed by atoms with Crippen molar-refractivity contribution >= 4 is 23.4 Å². The van der Waals surface area contributed by atoms with Crippen molar-refractivity contribution < 1.29 is 24.2 Å². The zero-order chi connectivity index (χ0) is 21.3. The molecule has 2 aromatic rings. The second-order valence-corrected chi connectivity index (χ2v) is 8.06. The monoisotopic (exact) mass is 408 g/mol. The highest BCUT2D eigenvalue weighted by Crippen LogP contribution is 2.50. The normalized spacial score (nSPS) is 24.0. The van der Waals surface area contributed by atoms with Gasteiger partial charge in [0.05, 0.1) is 0 Å².